The number of rotatable bonds is 35. The van der Waals surface area contributed by atoms with Crippen LogP contribution in [0.5, 0.6) is 5.75 Å². The van der Waals surface area contributed by atoms with Crippen LogP contribution in [0, 0.1) is 6.92 Å². The molecule has 1 aromatic carbocycles. The van der Waals surface area contributed by atoms with Crippen LogP contribution in [-0.4, -0.2) is 89.1 Å². The third-order valence-corrected chi connectivity index (χ3v) is 13.3. The summed E-state index contributed by atoms with van der Waals surface area (Å²) in [5, 5.41) is 0. The van der Waals surface area contributed by atoms with Crippen molar-refractivity contribution in [2.45, 2.75) is 213 Å². The molecule has 0 aliphatic carbocycles. The number of carbonyl (C=O) groups is 1. The summed E-state index contributed by atoms with van der Waals surface area (Å²) in [6.45, 7) is 3.27. The molecule has 30 heteroatoms. The average molecular weight is 1160 g/mol. The van der Waals surface area contributed by atoms with Crippen LogP contribution in [0.25, 0.3) is 0 Å². The van der Waals surface area contributed by atoms with Crippen molar-refractivity contribution in [3.63, 3.8) is 0 Å². The molecule has 0 atom stereocenters. The SMILES string of the molecule is CCCCCCCCCCCCCCCCCC(=O)Oc1c(C)cc(CSCCC(F)(F)C(F)(F)C(F)(F)C(F)(F)C(F)(F)C(F)(F)F)cc1CSCCC(F)(F)C(F)(F)C(F)(F)C(F)(F)C(F)(F)C(F)(F)F. The predicted molar refractivity (Wildman–Crippen MR) is 219 cm³/mol. The lowest BCUT2D eigenvalue weighted by atomic mass is 9.93. The number of unbranched alkanes of at least 4 members (excludes halogenated alkanes) is 14. The van der Waals surface area contributed by atoms with Gasteiger partial charge in [-0.2, -0.15) is 138 Å². The van der Waals surface area contributed by atoms with Gasteiger partial charge in [0.25, 0.3) is 0 Å². The zero-order valence-corrected chi connectivity index (χ0v) is 40.3. The number of ether oxygens (including phenoxy) is 1. The van der Waals surface area contributed by atoms with Crippen LogP contribution in [0.3, 0.4) is 0 Å². The molecule has 0 saturated carbocycles. The Kier molecular flexibility index (Phi) is 24.7. The Morgan fingerprint density at radius 2 is 0.740 bits per heavy atom. The van der Waals surface area contributed by atoms with Crippen molar-refractivity contribution in [3.05, 3.63) is 28.8 Å². The van der Waals surface area contributed by atoms with Crippen molar-refractivity contribution in [2.24, 2.45) is 0 Å². The summed E-state index contributed by atoms with van der Waals surface area (Å²) in [6.07, 6.45) is -6.22. The fourth-order valence-corrected chi connectivity index (χ4v) is 8.69. The third kappa shape index (κ3) is 16.1. The molecule has 0 bridgehead atoms. The highest BCUT2D eigenvalue weighted by Crippen LogP contribution is 2.62. The summed E-state index contributed by atoms with van der Waals surface area (Å²) in [5.41, 5.74) is -0.680. The number of hydrogen-bond donors (Lipinski definition) is 0. The van der Waals surface area contributed by atoms with Crippen LogP contribution in [0.2, 0.25) is 0 Å². The second-order valence-electron chi connectivity index (χ2n) is 17.2. The Hall–Kier alpha value is -2.43. The second-order valence-corrected chi connectivity index (χ2v) is 19.4. The van der Waals surface area contributed by atoms with Gasteiger partial charge >= 0.3 is 77.5 Å². The smallest absolute Gasteiger partial charge is 0.426 e. The number of hydrogen-bond acceptors (Lipinski definition) is 4. The zero-order chi connectivity index (χ0) is 57.0. The van der Waals surface area contributed by atoms with Gasteiger partial charge in [-0.15, -0.1) is 0 Å². The normalized spacial score (nSPS) is 14.6. The van der Waals surface area contributed by atoms with E-state index >= 15 is 0 Å². The maximum absolute atomic E-state index is 14.5. The molecule has 2 nitrogen and oxygen atoms in total. The van der Waals surface area contributed by atoms with E-state index in [1.54, 1.807) is 0 Å². The van der Waals surface area contributed by atoms with Gasteiger partial charge in [0.05, 0.1) is 0 Å². The van der Waals surface area contributed by atoms with Gasteiger partial charge < -0.3 is 4.74 Å². The Balaban J connectivity index is 3.22. The maximum atomic E-state index is 14.5. The quantitative estimate of drug-likeness (QED) is 0.0293. The lowest BCUT2D eigenvalue weighted by Crippen LogP contribution is -2.70. The standard InChI is InChI=1S/C43H52F26O2S2/c1-3-4-5-6-7-8-9-10-11-12-13-14-15-16-17-18-30(70)71-31-27(2)23-28(25-72-21-19-32(44,45)34(48,49)36(52,53)38(56,57)40(60,61)42(64,65)66)24-29(31)26-73-22-20-33(46,47)35(50,51)37(54,55)39(58,59)41(62,63)43(67,68)69/h23-24H,3-22,25-26H2,1-2H3. The summed E-state index contributed by atoms with van der Waals surface area (Å²) in [7, 11) is 0. The van der Waals surface area contributed by atoms with Crippen LogP contribution in [0.1, 0.15) is 139 Å². The highest BCUT2D eigenvalue weighted by Gasteiger charge is 2.92. The first-order chi connectivity index (χ1) is 32.9. The number of halogens is 26. The summed E-state index contributed by atoms with van der Waals surface area (Å²) in [6, 6.07) is 1.94. The molecule has 0 spiro atoms. The lowest BCUT2D eigenvalue weighted by Gasteiger charge is -2.39. The molecule has 430 valence electrons. The number of thioether (sulfide) groups is 2. The van der Waals surface area contributed by atoms with Gasteiger partial charge in [-0.1, -0.05) is 109 Å². The molecule has 0 saturated heterocycles. The lowest BCUT2D eigenvalue weighted by molar-refractivity contribution is -0.439. The average Bonchev–Trinajstić information content (AvgIpc) is 3.24. The molecule has 0 unspecified atom stereocenters. The Labute approximate surface area is 411 Å². The summed E-state index contributed by atoms with van der Waals surface area (Å²) < 4.78 is 358. The highest BCUT2D eigenvalue weighted by molar-refractivity contribution is 7.98. The second kappa shape index (κ2) is 26.3. The summed E-state index contributed by atoms with van der Waals surface area (Å²) in [5.74, 6) is -82.3. The van der Waals surface area contributed by atoms with Crippen molar-refractivity contribution in [3.8, 4) is 5.75 Å². The minimum absolute atomic E-state index is 0.00657. The number of carbonyl (C=O) groups excluding carboxylic acids is 1. The number of alkyl halides is 26. The van der Waals surface area contributed by atoms with Crippen molar-refractivity contribution in [2.75, 3.05) is 11.5 Å². The van der Waals surface area contributed by atoms with E-state index in [9.17, 15) is 119 Å². The molecule has 0 heterocycles. The van der Waals surface area contributed by atoms with E-state index in [-0.39, 0.29) is 53.1 Å². The zero-order valence-electron chi connectivity index (χ0n) is 38.7. The van der Waals surface area contributed by atoms with Crippen molar-refractivity contribution in [1.29, 1.82) is 0 Å². The predicted octanol–water partition coefficient (Wildman–Crippen LogP) is 18.9. The Morgan fingerprint density at radius 1 is 0.425 bits per heavy atom. The van der Waals surface area contributed by atoms with E-state index in [0.717, 1.165) is 70.4 Å². The summed E-state index contributed by atoms with van der Waals surface area (Å²) in [4.78, 5) is 12.8. The topological polar surface area (TPSA) is 26.3 Å². The monoisotopic (exact) mass is 1160 g/mol. The van der Waals surface area contributed by atoms with Crippen molar-refractivity contribution in [1.82, 2.24) is 0 Å². The molecular formula is C43H52F26O2S2. The van der Waals surface area contributed by atoms with E-state index in [1.807, 2.05) is 0 Å². The van der Waals surface area contributed by atoms with E-state index in [1.165, 1.54) is 25.7 Å². The first-order valence-corrected chi connectivity index (χ1v) is 24.6. The first kappa shape index (κ1) is 68.6. The van der Waals surface area contributed by atoms with Gasteiger partial charge in [0.15, 0.2) is 0 Å². The molecule has 1 rings (SSSR count). The highest BCUT2D eigenvalue weighted by atomic mass is 32.2. The van der Waals surface area contributed by atoms with Gasteiger partial charge in [-0.25, -0.2) is 0 Å². The maximum Gasteiger partial charge on any atom is 0.460 e. The van der Waals surface area contributed by atoms with Gasteiger partial charge in [0.2, 0.25) is 0 Å². The van der Waals surface area contributed by atoms with E-state index in [4.69, 9.17) is 4.74 Å². The fraction of sp³-hybridized carbons (Fsp3) is 0.837. The van der Waals surface area contributed by atoms with Crippen LogP contribution in [0.15, 0.2) is 12.1 Å². The van der Waals surface area contributed by atoms with Gasteiger partial charge in [-0.05, 0) is 36.0 Å². The van der Waals surface area contributed by atoms with Crippen LogP contribution in [0.4, 0.5) is 114 Å². The Bertz CT molecular complexity index is 1850. The number of esters is 1. The molecule has 0 aromatic heterocycles. The minimum Gasteiger partial charge on any atom is -0.426 e. The van der Waals surface area contributed by atoms with Crippen LogP contribution in [-0.2, 0) is 16.3 Å². The fourth-order valence-electron chi connectivity index (χ4n) is 6.76. The van der Waals surface area contributed by atoms with E-state index < -0.39 is 119 Å². The number of aryl methyl sites for hydroxylation is 1. The molecule has 0 fully saturated rings. The molecule has 1 aromatic rings. The first-order valence-electron chi connectivity index (χ1n) is 22.3. The van der Waals surface area contributed by atoms with Crippen molar-refractivity contribution >= 4 is 29.5 Å². The van der Waals surface area contributed by atoms with Gasteiger partial charge in [-0.3, -0.25) is 4.79 Å². The largest absolute Gasteiger partial charge is 0.460 e. The van der Waals surface area contributed by atoms with Crippen LogP contribution < -0.4 is 4.74 Å². The van der Waals surface area contributed by atoms with Crippen molar-refractivity contribution < 1.29 is 124 Å². The molecule has 0 amide bonds. The number of benzene rings is 1. The van der Waals surface area contributed by atoms with Crippen LogP contribution >= 0.6 is 23.5 Å². The molecule has 73 heavy (non-hydrogen) atoms. The molecule has 0 aliphatic rings. The van der Waals surface area contributed by atoms with Gasteiger partial charge in [0, 0.05) is 36.3 Å². The Morgan fingerprint density at radius 3 is 1.08 bits per heavy atom. The molecule has 0 radical (unpaired) electrons. The minimum atomic E-state index is -8.15. The van der Waals surface area contributed by atoms with E-state index in [2.05, 4.69) is 6.92 Å². The van der Waals surface area contributed by atoms with Gasteiger partial charge in [0.1, 0.15) is 5.75 Å². The molecular weight excluding hydrogens is 1110 g/mol. The third-order valence-electron chi connectivity index (χ3n) is 11.3. The molecule has 0 aliphatic heterocycles. The summed E-state index contributed by atoms with van der Waals surface area (Å²) >= 11 is 0.0631. The van der Waals surface area contributed by atoms with E-state index in [0.29, 0.717) is 12.8 Å². The molecule has 0 N–H and O–H groups in total.